The SMILES string of the molecule is CCCCCCn1c2ccc(Br)cc2c2cc3ccc4ccc5c(c6cc(Br)ccc6n5CCCCCC)c4c3cc21. The van der Waals surface area contributed by atoms with Crippen LogP contribution in [0.15, 0.2) is 81.7 Å². The fraction of sp³-hybridized carbons (Fsp3) is 0.316. The van der Waals surface area contributed by atoms with Crippen LogP contribution >= 0.6 is 31.9 Å². The number of benzene rings is 5. The second-order valence-electron chi connectivity index (χ2n) is 12.0. The van der Waals surface area contributed by atoms with E-state index >= 15 is 0 Å². The van der Waals surface area contributed by atoms with Gasteiger partial charge in [-0.3, -0.25) is 0 Å². The van der Waals surface area contributed by atoms with E-state index in [1.807, 2.05) is 0 Å². The molecule has 2 nitrogen and oxygen atoms in total. The summed E-state index contributed by atoms with van der Waals surface area (Å²) in [6, 6.07) is 27.9. The van der Waals surface area contributed by atoms with Crippen molar-refractivity contribution in [3.05, 3.63) is 81.7 Å². The molecular formula is C38H38Br2N2. The van der Waals surface area contributed by atoms with Gasteiger partial charge in [-0.05, 0) is 89.0 Å². The minimum Gasteiger partial charge on any atom is -0.340 e. The number of aromatic nitrogens is 2. The van der Waals surface area contributed by atoms with E-state index in [9.17, 15) is 0 Å². The van der Waals surface area contributed by atoms with Gasteiger partial charge < -0.3 is 9.13 Å². The normalized spacial score (nSPS) is 12.3. The monoisotopic (exact) mass is 680 g/mol. The lowest BCUT2D eigenvalue weighted by molar-refractivity contribution is 0.602. The van der Waals surface area contributed by atoms with Crippen molar-refractivity contribution >= 4 is 97.0 Å². The van der Waals surface area contributed by atoms with Crippen LogP contribution in [-0.2, 0) is 13.1 Å². The first-order valence-electron chi connectivity index (χ1n) is 15.8. The summed E-state index contributed by atoms with van der Waals surface area (Å²) in [6.45, 7) is 6.69. The zero-order valence-corrected chi connectivity index (χ0v) is 27.8. The molecule has 2 aromatic heterocycles. The molecule has 2 heterocycles. The summed E-state index contributed by atoms with van der Waals surface area (Å²) in [5, 5.41) is 10.8. The van der Waals surface area contributed by atoms with E-state index in [1.165, 1.54) is 117 Å². The number of nitrogens with zero attached hydrogens (tertiary/aromatic N) is 2. The summed E-state index contributed by atoms with van der Waals surface area (Å²) in [5.74, 6) is 0. The van der Waals surface area contributed by atoms with E-state index in [1.54, 1.807) is 0 Å². The van der Waals surface area contributed by atoms with Crippen LogP contribution in [-0.4, -0.2) is 9.13 Å². The minimum atomic E-state index is 1.05. The Bertz CT molecular complexity index is 2100. The number of halogens is 2. The highest BCUT2D eigenvalue weighted by Gasteiger charge is 2.18. The van der Waals surface area contributed by atoms with Crippen LogP contribution in [0.2, 0.25) is 0 Å². The van der Waals surface area contributed by atoms with E-state index in [0.29, 0.717) is 0 Å². The molecule has 7 aromatic rings. The third-order valence-corrected chi connectivity index (χ3v) is 10.2. The highest BCUT2D eigenvalue weighted by atomic mass is 79.9. The second-order valence-corrected chi connectivity index (χ2v) is 13.8. The Kier molecular flexibility index (Phi) is 7.79. The molecule has 0 fully saturated rings. The van der Waals surface area contributed by atoms with Crippen LogP contribution < -0.4 is 0 Å². The Morgan fingerprint density at radius 3 is 1.69 bits per heavy atom. The Morgan fingerprint density at radius 1 is 0.452 bits per heavy atom. The first-order chi connectivity index (χ1) is 20.6. The summed E-state index contributed by atoms with van der Waals surface area (Å²) >= 11 is 7.55. The molecule has 0 spiro atoms. The molecule has 0 aliphatic heterocycles. The lowest BCUT2D eigenvalue weighted by atomic mass is 9.96. The van der Waals surface area contributed by atoms with Crippen molar-refractivity contribution in [2.24, 2.45) is 0 Å². The van der Waals surface area contributed by atoms with Gasteiger partial charge in [0.25, 0.3) is 0 Å². The molecule has 0 amide bonds. The van der Waals surface area contributed by atoms with E-state index in [-0.39, 0.29) is 0 Å². The number of fused-ring (bicyclic) bond motifs is 10. The lowest BCUT2D eigenvalue weighted by Crippen LogP contribution is -1.98. The molecule has 0 aliphatic carbocycles. The van der Waals surface area contributed by atoms with Crippen LogP contribution in [0.1, 0.15) is 65.2 Å². The van der Waals surface area contributed by atoms with Gasteiger partial charge in [-0.2, -0.15) is 0 Å². The molecule has 0 bridgehead atoms. The third-order valence-electron chi connectivity index (χ3n) is 9.21. The fourth-order valence-electron chi connectivity index (χ4n) is 7.15. The van der Waals surface area contributed by atoms with E-state index in [0.717, 1.165) is 22.0 Å². The smallest absolute Gasteiger partial charge is 0.0498 e. The topological polar surface area (TPSA) is 9.86 Å². The van der Waals surface area contributed by atoms with Crippen molar-refractivity contribution in [2.45, 2.75) is 78.3 Å². The van der Waals surface area contributed by atoms with Crippen molar-refractivity contribution in [1.82, 2.24) is 9.13 Å². The molecule has 5 aromatic carbocycles. The van der Waals surface area contributed by atoms with Gasteiger partial charge in [0.2, 0.25) is 0 Å². The summed E-state index contributed by atoms with van der Waals surface area (Å²) in [4.78, 5) is 0. The van der Waals surface area contributed by atoms with Crippen molar-refractivity contribution in [3.8, 4) is 0 Å². The van der Waals surface area contributed by atoms with Crippen molar-refractivity contribution in [1.29, 1.82) is 0 Å². The maximum absolute atomic E-state index is 3.80. The van der Waals surface area contributed by atoms with Crippen LogP contribution in [0.3, 0.4) is 0 Å². The summed E-state index contributed by atoms with van der Waals surface area (Å²) in [6.07, 6.45) is 10.1. The zero-order valence-electron chi connectivity index (χ0n) is 24.6. The number of rotatable bonds is 10. The highest BCUT2D eigenvalue weighted by molar-refractivity contribution is 9.10. The van der Waals surface area contributed by atoms with Crippen molar-refractivity contribution in [2.75, 3.05) is 0 Å². The molecule has 214 valence electrons. The maximum Gasteiger partial charge on any atom is 0.0498 e. The summed E-state index contributed by atoms with van der Waals surface area (Å²) < 4.78 is 7.43. The minimum absolute atomic E-state index is 1.05. The molecule has 0 unspecified atom stereocenters. The average molecular weight is 683 g/mol. The first kappa shape index (κ1) is 28.0. The molecule has 0 saturated carbocycles. The van der Waals surface area contributed by atoms with E-state index < -0.39 is 0 Å². The Hall–Kier alpha value is -2.82. The van der Waals surface area contributed by atoms with Gasteiger partial charge in [-0.1, -0.05) is 102 Å². The Balaban J connectivity index is 1.53. The Morgan fingerprint density at radius 2 is 1.00 bits per heavy atom. The predicted octanol–water partition coefficient (Wildman–Crippen LogP) is 12.9. The molecule has 0 N–H and O–H groups in total. The lowest BCUT2D eigenvalue weighted by Gasteiger charge is -2.11. The predicted molar refractivity (Wildman–Crippen MR) is 191 cm³/mol. The Labute approximate surface area is 264 Å². The number of hydrogen-bond acceptors (Lipinski definition) is 0. The quantitative estimate of drug-likeness (QED) is 0.100. The van der Waals surface area contributed by atoms with Gasteiger partial charge in [0.05, 0.1) is 0 Å². The second kappa shape index (κ2) is 11.7. The summed E-state index contributed by atoms with van der Waals surface area (Å²) in [7, 11) is 0. The standard InChI is InChI=1S/C38H38Br2N2/c1-3-5-7-9-19-41-34-18-15-28(40)23-32(34)38-35(41)16-13-25-11-12-26-21-30-31-22-27(39)14-17-33(31)42(20-10-8-6-4-2)36(30)24-29(26)37(25)38/h11-18,21-24H,3-10,19-20H2,1-2H3. The first-order valence-corrected chi connectivity index (χ1v) is 17.4. The van der Waals surface area contributed by atoms with Crippen molar-refractivity contribution < 1.29 is 0 Å². The number of aryl methyl sites for hydroxylation is 2. The summed E-state index contributed by atoms with van der Waals surface area (Å²) in [5.41, 5.74) is 5.37. The van der Waals surface area contributed by atoms with Gasteiger partial charge >= 0.3 is 0 Å². The maximum atomic E-state index is 3.80. The molecule has 42 heavy (non-hydrogen) atoms. The van der Waals surface area contributed by atoms with Gasteiger partial charge in [0, 0.05) is 65.6 Å². The van der Waals surface area contributed by atoms with Crippen LogP contribution in [0.5, 0.6) is 0 Å². The van der Waals surface area contributed by atoms with Gasteiger partial charge in [0.1, 0.15) is 0 Å². The molecule has 0 atom stereocenters. The average Bonchev–Trinajstić information content (AvgIpc) is 3.47. The van der Waals surface area contributed by atoms with Crippen LogP contribution in [0.4, 0.5) is 0 Å². The van der Waals surface area contributed by atoms with Crippen molar-refractivity contribution in [3.63, 3.8) is 0 Å². The number of hydrogen-bond donors (Lipinski definition) is 0. The van der Waals surface area contributed by atoms with Gasteiger partial charge in [-0.25, -0.2) is 0 Å². The van der Waals surface area contributed by atoms with Gasteiger partial charge in [0.15, 0.2) is 0 Å². The van der Waals surface area contributed by atoms with Gasteiger partial charge in [-0.15, -0.1) is 0 Å². The highest BCUT2D eigenvalue weighted by Crippen LogP contribution is 2.42. The fourth-order valence-corrected chi connectivity index (χ4v) is 7.87. The van der Waals surface area contributed by atoms with E-state index in [2.05, 4.69) is 128 Å². The third kappa shape index (κ3) is 4.75. The molecule has 4 heteroatoms. The van der Waals surface area contributed by atoms with E-state index in [4.69, 9.17) is 0 Å². The number of unbranched alkanes of at least 4 members (excludes halogenated alkanes) is 6. The molecule has 0 radical (unpaired) electrons. The molecule has 0 saturated heterocycles. The van der Waals surface area contributed by atoms with Crippen LogP contribution in [0.25, 0.3) is 65.2 Å². The van der Waals surface area contributed by atoms with Crippen LogP contribution in [0, 0.1) is 0 Å². The molecular weight excluding hydrogens is 644 g/mol. The zero-order chi connectivity index (χ0) is 28.8. The molecule has 7 rings (SSSR count). The molecule has 0 aliphatic rings. The largest absolute Gasteiger partial charge is 0.340 e.